The van der Waals surface area contributed by atoms with Gasteiger partial charge in [-0.1, -0.05) is 6.92 Å². The average molecular weight is 447 g/mol. The van der Waals surface area contributed by atoms with E-state index in [4.69, 9.17) is 5.41 Å². The molecule has 0 atom stereocenters. The van der Waals surface area contributed by atoms with E-state index in [9.17, 15) is 26.3 Å². The quantitative estimate of drug-likeness (QED) is 0.467. The summed E-state index contributed by atoms with van der Waals surface area (Å²) in [4.78, 5) is 0. The smallest absolute Gasteiger partial charge is 0.405 e. The van der Waals surface area contributed by atoms with Crippen LogP contribution in [0, 0.1) is 11.3 Å². The standard InChI is InChI=1S/C19H19F6N5O/c1-9-5-12(6-9)27-17-28-14(7-10(2)26)16(29-30-17)13-4-3-11(18(20,21)22)8-15(13)31-19(23,24)25/h3-4,7-9,12,26H,5-6H2,1-2H3,(H2,27,28,30)/b14-7-,26-10?. The molecule has 1 aromatic rings. The van der Waals surface area contributed by atoms with Crippen LogP contribution in [0.4, 0.5) is 26.3 Å². The van der Waals surface area contributed by atoms with Gasteiger partial charge in [0.05, 0.1) is 11.3 Å². The Morgan fingerprint density at radius 3 is 2.42 bits per heavy atom. The number of benzene rings is 1. The van der Waals surface area contributed by atoms with E-state index in [1.807, 2.05) is 0 Å². The molecule has 3 N–H and O–H groups in total. The summed E-state index contributed by atoms with van der Waals surface area (Å²) < 4.78 is 81.5. The van der Waals surface area contributed by atoms with Gasteiger partial charge in [-0.05, 0) is 50.0 Å². The first-order valence-corrected chi connectivity index (χ1v) is 9.25. The number of nitrogens with one attached hydrogen (secondary N) is 3. The third kappa shape index (κ3) is 5.76. The third-order valence-electron chi connectivity index (χ3n) is 4.62. The van der Waals surface area contributed by atoms with Gasteiger partial charge in [-0.3, -0.25) is 0 Å². The fourth-order valence-electron chi connectivity index (χ4n) is 3.27. The number of rotatable bonds is 4. The summed E-state index contributed by atoms with van der Waals surface area (Å²) >= 11 is 0. The number of allylic oxidation sites excluding steroid dienone is 2. The molecule has 1 fully saturated rings. The van der Waals surface area contributed by atoms with Crippen molar-refractivity contribution in [2.45, 2.75) is 45.3 Å². The molecule has 1 saturated carbocycles. The molecule has 0 saturated heterocycles. The van der Waals surface area contributed by atoms with E-state index in [2.05, 4.69) is 32.5 Å². The molecule has 0 unspecified atom stereocenters. The lowest BCUT2D eigenvalue weighted by molar-refractivity contribution is -0.274. The lowest BCUT2D eigenvalue weighted by Gasteiger charge is -2.34. The molecule has 2 aliphatic rings. The Balaban J connectivity index is 2.03. The summed E-state index contributed by atoms with van der Waals surface area (Å²) in [5.41, 5.74) is -1.71. The van der Waals surface area contributed by atoms with Crippen LogP contribution < -0.4 is 15.4 Å². The van der Waals surface area contributed by atoms with Crippen molar-refractivity contribution in [1.82, 2.24) is 10.6 Å². The fraction of sp³-hybridized carbons (Fsp3) is 0.421. The van der Waals surface area contributed by atoms with Gasteiger partial charge in [0.15, 0.2) is 0 Å². The van der Waals surface area contributed by atoms with Gasteiger partial charge in [0.1, 0.15) is 11.5 Å². The predicted molar refractivity (Wildman–Crippen MR) is 102 cm³/mol. The van der Waals surface area contributed by atoms with Crippen LogP contribution in [0.25, 0.3) is 0 Å². The minimum Gasteiger partial charge on any atom is -0.405 e. The SMILES string of the molecule is CC(=N)/C=C1\NC(NC2CC(C)C2)=NN=C1c1ccc(C(F)(F)F)cc1OC(F)(F)F. The molecule has 1 aromatic carbocycles. The second-order valence-corrected chi connectivity index (χ2v) is 7.44. The lowest BCUT2D eigenvalue weighted by atomic mass is 9.82. The molecule has 1 aliphatic heterocycles. The molecule has 31 heavy (non-hydrogen) atoms. The second-order valence-electron chi connectivity index (χ2n) is 7.44. The highest BCUT2D eigenvalue weighted by atomic mass is 19.4. The monoisotopic (exact) mass is 447 g/mol. The molecule has 6 nitrogen and oxygen atoms in total. The van der Waals surface area contributed by atoms with Gasteiger partial charge in [0, 0.05) is 17.3 Å². The van der Waals surface area contributed by atoms with Gasteiger partial charge >= 0.3 is 12.5 Å². The highest BCUT2D eigenvalue weighted by Crippen LogP contribution is 2.36. The Morgan fingerprint density at radius 2 is 1.87 bits per heavy atom. The number of hydrogen-bond donors (Lipinski definition) is 3. The molecule has 1 aliphatic carbocycles. The Bertz CT molecular complexity index is 958. The first-order chi connectivity index (χ1) is 14.3. The number of halogens is 6. The maximum atomic E-state index is 13.0. The number of nitrogens with zero attached hydrogens (tertiary/aromatic N) is 2. The van der Waals surface area contributed by atoms with E-state index in [-0.39, 0.29) is 40.8 Å². The molecule has 0 bridgehead atoms. The van der Waals surface area contributed by atoms with Crippen molar-refractivity contribution >= 4 is 17.4 Å². The van der Waals surface area contributed by atoms with Gasteiger partial charge in [-0.15, -0.1) is 23.4 Å². The summed E-state index contributed by atoms with van der Waals surface area (Å²) in [6.07, 6.45) is -6.99. The average Bonchev–Trinajstić information content (AvgIpc) is 2.58. The largest absolute Gasteiger partial charge is 0.573 e. The fourth-order valence-corrected chi connectivity index (χ4v) is 3.27. The Kier molecular flexibility index (Phi) is 6.01. The van der Waals surface area contributed by atoms with Crippen molar-refractivity contribution in [3.63, 3.8) is 0 Å². The summed E-state index contributed by atoms with van der Waals surface area (Å²) in [7, 11) is 0. The summed E-state index contributed by atoms with van der Waals surface area (Å²) in [6, 6.07) is 1.87. The van der Waals surface area contributed by atoms with Crippen molar-refractivity contribution in [1.29, 1.82) is 5.41 Å². The van der Waals surface area contributed by atoms with Crippen LogP contribution in [0.3, 0.4) is 0 Å². The zero-order chi connectivity index (χ0) is 23.0. The number of guanidine groups is 1. The van der Waals surface area contributed by atoms with Gasteiger partial charge in [-0.25, -0.2) is 0 Å². The predicted octanol–water partition coefficient (Wildman–Crippen LogP) is 4.58. The van der Waals surface area contributed by atoms with Gasteiger partial charge < -0.3 is 20.8 Å². The van der Waals surface area contributed by atoms with Crippen LogP contribution in [0.1, 0.15) is 37.8 Å². The molecule has 0 radical (unpaired) electrons. The molecule has 0 amide bonds. The molecule has 168 valence electrons. The molecular weight excluding hydrogens is 428 g/mol. The minimum absolute atomic E-state index is 0.0407. The Labute approximate surface area is 173 Å². The first kappa shape index (κ1) is 22.6. The van der Waals surface area contributed by atoms with Crippen LogP contribution in [0.5, 0.6) is 5.75 Å². The van der Waals surface area contributed by atoms with Crippen molar-refractivity contribution in [3.8, 4) is 5.75 Å². The topological polar surface area (TPSA) is 81.9 Å². The summed E-state index contributed by atoms with van der Waals surface area (Å²) in [5, 5.41) is 21.5. The summed E-state index contributed by atoms with van der Waals surface area (Å²) in [5.74, 6) is -0.289. The Hall–Kier alpha value is -3.05. The van der Waals surface area contributed by atoms with E-state index < -0.39 is 23.9 Å². The number of hydrogen-bond acceptors (Lipinski definition) is 6. The second kappa shape index (κ2) is 8.23. The highest BCUT2D eigenvalue weighted by molar-refractivity contribution is 6.19. The number of alkyl halides is 6. The van der Waals surface area contributed by atoms with Crippen molar-refractivity contribution in [2.24, 2.45) is 16.1 Å². The molecule has 1 heterocycles. The zero-order valence-corrected chi connectivity index (χ0v) is 16.4. The van der Waals surface area contributed by atoms with Crippen LogP contribution in [-0.4, -0.2) is 29.8 Å². The van der Waals surface area contributed by atoms with E-state index in [1.165, 1.54) is 13.0 Å². The third-order valence-corrected chi connectivity index (χ3v) is 4.62. The zero-order valence-electron chi connectivity index (χ0n) is 16.4. The van der Waals surface area contributed by atoms with E-state index in [1.54, 1.807) is 0 Å². The van der Waals surface area contributed by atoms with Gasteiger partial charge in [0.25, 0.3) is 0 Å². The maximum Gasteiger partial charge on any atom is 0.573 e. The first-order valence-electron chi connectivity index (χ1n) is 9.25. The van der Waals surface area contributed by atoms with E-state index in [0.29, 0.717) is 12.0 Å². The molecule has 3 rings (SSSR count). The van der Waals surface area contributed by atoms with E-state index in [0.717, 1.165) is 18.9 Å². The molecule has 0 spiro atoms. The van der Waals surface area contributed by atoms with Crippen molar-refractivity contribution < 1.29 is 31.1 Å². The van der Waals surface area contributed by atoms with Crippen LogP contribution in [-0.2, 0) is 6.18 Å². The number of ether oxygens (including phenoxy) is 1. The van der Waals surface area contributed by atoms with Crippen LogP contribution in [0.2, 0.25) is 0 Å². The van der Waals surface area contributed by atoms with E-state index >= 15 is 0 Å². The molecule has 0 aromatic heterocycles. The molecular formula is C19H19F6N5O. The van der Waals surface area contributed by atoms with Crippen LogP contribution in [0.15, 0.2) is 40.2 Å². The van der Waals surface area contributed by atoms with Gasteiger partial charge in [-0.2, -0.15) is 13.2 Å². The lowest BCUT2D eigenvalue weighted by Crippen LogP contribution is -2.50. The highest BCUT2D eigenvalue weighted by Gasteiger charge is 2.37. The maximum absolute atomic E-state index is 13.0. The summed E-state index contributed by atoms with van der Waals surface area (Å²) in [6.45, 7) is 3.51. The Morgan fingerprint density at radius 1 is 1.19 bits per heavy atom. The van der Waals surface area contributed by atoms with Crippen LogP contribution >= 0.6 is 0 Å². The molecule has 12 heteroatoms. The van der Waals surface area contributed by atoms with Crippen molar-refractivity contribution in [2.75, 3.05) is 0 Å². The normalized spacial score (nSPS) is 22.8. The van der Waals surface area contributed by atoms with Gasteiger partial charge in [0.2, 0.25) is 5.96 Å². The van der Waals surface area contributed by atoms with Crippen molar-refractivity contribution in [3.05, 3.63) is 41.1 Å². The minimum atomic E-state index is -5.22.